The fourth-order valence-corrected chi connectivity index (χ4v) is 3.11. The summed E-state index contributed by atoms with van der Waals surface area (Å²) in [7, 11) is 0. The number of hydrogen-bond donors (Lipinski definition) is 0. The summed E-state index contributed by atoms with van der Waals surface area (Å²) < 4.78 is 21.7. The van der Waals surface area contributed by atoms with Gasteiger partial charge in [0, 0.05) is 11.6 Å². The average Bonchev–Trinajstić information content (AvgIpc) is 2.85. The highest BCUT2D eigenvalue weighted by atomic mass is 16.5. The Bertz CT molecular complexity index is 1340. The number of ketones is 1. The summed E-state index contributed by atoms with van der Waals surface area (Å²) in [5, 5.41) is 0.303. The van der Waals surface area contributed by atoms with Crippen molar-refractivity contribution in [1.82, 2.24) is 0 Å². The fraction of sp³-hybridized carbons (Fsp3) is 0.115. The van der Waals surface area contributed by atoms with Crippen molar-refractivity contribution in [1.29, 1.82) is 0 Å². The summed E-state index contributed by atoms with van der Waals surface area (Å²) in [6, 6.07) is 19.8. The second kappa shape index (κ2) is 9.82. The maximum Gasteiger partial charge on any atom is 0.338 e. The number of rotatable bonds is 8. The maximum atomic E-state index is 12.8. The Hall–Kier alpha value is -4.39. The van der Waals surface area contributed by atoms with Crippen molar-refractivity contribution in [3.8, 4) is 17.2 Å². The molecular weight excluding hydrogens is 424 g/mol. The molecule has 1 heterocycles. The molecule has 1 aromatic heterocycles. The molecule has 0 bridgehead atoms. The highest BCUT2D eigenvalue weighted by Crippen LogP contribution is 2.24. The van der Waals surface area contributed by atoms with E-state index < -0.39 is 5.97 Å². The maximum absolute atomic E-state index is 12.8. The lowest BCUT2D eigenvalue weighted by Gasteiger charge is -2.08. The zero-order valence-corrected chi connectivity index (χ0v) is 17.8. The molecule has 0 spiro atoms. The van der Waals surface area contributed by atoms with Gasteiger partial charge in [-0.25, -0.2) is 4.79 Å². The summed E-state index contributed by atoms with van der Waals surface area (Å²) in [6.07, 6.45) is 1.21. The number of ether oxygens (including phenoxy) is 3. The van der Waals surface area contributed by atoms with E-state index in [1.165, 1.54) is 6.26 Å². The highest BCUT2D eigenvalue weighted by molar-refractivity contribution is 5.97. The lowest BCUT2D eigenvalue weighted by atomic mass is 10.1. The van der Waals surface area contributed by atoms with E-state index in [4.69, 9.17) is 18.6 Å². The summed E-state index contributed by atoms with van der Waals surface area (Å²) in [4.78, 5) is 36.7. The van der Waals surface area contributed by atoms with E-state index in [1.54, 1.807) is 73.7 Å². The van der Waals surface area contributed by atoms with Gasteiger partial charge in [-0.15, -0.1) is 0 Å². The smallest absolute Gasteiger partial charge is 0.338 e. The average molecular weight is 444 g/mol. The Morgan fingerprint density at radius 1 is 0.879 bits per heavy atom. The molecule has 0 unspecified atom stereocenters. The largest absolute Gasteiger partial charge is 0.485 e. The number of Topliss-reactive ketones (excluding diaryl/α,β-unsaturated/α-hetero) is 1. The zero-order chi connectivity index (χ0) is 23.2. The number of esters is 1. The monoisotopic (exact) mass is 444 g/mol. The Kier molecular flexibility index (Phi) is 6.50. The molecule has 4 aromatic rings. The molecule has 0 aliphatic rings. The van der Waals surface area contributed by atoms with Crippen LogP contribution in [0.5, 0.6) is 17.2 Å². The molecule has 0 saturated heterocycles. The first kappa shape index (κ1) is 21.8. The number of carbonyl (C=O) groups excluding carboxylic acids is 2. The molecule has 166 valence electrons. The standard InChI is InChI=1S/C26H20O7/c1-2-30-26(29)18-8-10-19(11-9-18)33-24-16-32-23-14-20(12-13-21(23)25(24)28)31-15-22(27)17-6-4-3-5-7-17/h3-14,16H,2,15H2,1H3. The van der Waals surface area contributed by atoms with Crippen LogP contribution in [0.3, 0.4) is 0 Å². The molecule has 33 heavy (non-hydrogen) atoms. The van der Waals surface area contributed by atoms with Crippen LogP contribution in [0.25, 0.3) is 11.0 Å². The zero-order valence-electron chi connectivity index (χ0n) is 17.8. The Morgan fingerprint density at radius 3 is 2.33 bits per heavy atom. The van der Waals surface area contributed by atoms with Gasteiger partial charge in [-0.1, -0.05) is 30.3 Å². The third-order valence-electron chi connectivity index (χ3n) is 4.77. The van der Waals surface area contributed by atoms with Crippen LogP contribution in [0.2, 0.25) is 0 Å². The fourth-order valence-electron chi connectivity index (χ4n) is 3.11. The van der Waals surface area contributed by atoms with Crippen molar-refractivity contribution >= 4 is 22.7 Å². The van der Waals surface area contributed by atoms with E-state index in [9.17, 15) is 14.4 Å². The van der Waals surface area contributed by atoms with Crippen LogP contribution in [0.1, 0.15) is 27.6 Å². The van der Waals surface area contributed by atoms with Crippen molar-refractivity contribution < 1.29 is 28.2 Å². The predicted octanol–water partition coefficient (Wildman–Crippen LogP) is 5.02. The first-order valence-electron chi connectivity index (χ1n) is 10.3. The molecular formula is C26H20O7. The Labute approximate surface area is 189 Å². The van der Waals surface area contributed by atoms with Gasteiger partial charge in [0.15, 0.2) is 12.4 Å². The topological polar surface area (TPSA) is 92.0 Å². The number of benzene rings is 3. The molecule has 0 aliphatic heterocycles. The van der Waals surface area contributed by atoms with Crippen LogP contribution in [-0.2, 0) is 4.74 Å². The third kappa shape index (κ3) is 5.10. The van der Waals surface area contributed by atoms with E-state index in [1.807, 2.05) is 6.07 Å². The van der Waals surface area contributed by atoms with Gasteiger partial charge in [-0.2, -0.15) is 0 Å². The molecule has 0 atom stereocenters. The van der Waals surface area contributed by atoms with Crippen molar-refractivity contribution in [2.45, 2.75) is 6.92 Å². The van der Waals surface area contributed by atoms with E-state index in [-0.39, 0.29) is 30.2 Å². The molecule has 7 heteroatoms. The Morgan fingerprint density at radius 2 is 1.61 bits per heavy atom. The van der Waals surface area contributed by atoms with Crippen LogP contribution in [-0.4, -0.2) is 25.0 Å². The molecule has 0 fully saturated rings. The minimum Gasteiger partial charge on any atom is -0.485 e. The molecule has 4 rings (SSSR count). The van der Waals surface area contributed by atoms with Crippen molar-refractivity contribution in [2.75, 3.05) is 13.2 Å². The lowest BCUT2D eigenvalue weighted by Crippen LogP contribution is -2.11. The summed E-state index contributed by atoms with van der Waals surface area (Å²) in [5.41, 5.74) is 0.877. The molecule has 7 nitrogen and oxygen atoms in total. The van der Waals surface area contributed by atoms with Gasteiger partial charge in [-0.3, -0.25) is 9.59 Å². The van der Waals surface area contributed by atoms with Crippen LogP contribution in [0, 0.1) is 0 Å². The van der Waals surface area contributed by atoms with Gasteiger partial charge in [-0.05, 0) is 43.3 Å². The quantitative estimate of drug-likeness (QED) is 0.278. The highest BCUT2D eigenvalue weighted by Gasteiger charge is 2.12. The molecule has 0 amide bonds. The van der Waals surface area contributed by atoms with Gasteiger partial charge in [0.25, 0.3) is 0 Å². The second-order valence-corrected chi connectivity index (χ2v) is 7.01. The minimum atomic E-state index is -0.433. The second-order valence-electron chi connectivity index (χ2n) is 7.01. The Balaban J connectivity index is 1.47. The SMILES string of the molecule is CCOC(=O)c1ccc(Oc2coc3cc(OCC(=O)c4ccccc4)ccc3c2=O)cc1. The van der Waals surface area contributed by atoms with E-state index in [2.05, 4.69) is 0 Å². The molecule has 0 saturated carbocycles. The molecule has 3 aromatic carbocycles. The van der Waals surface area contributed by atoms with Gasteiger partial charge in [0.2, 0.25) is 11.2 Å². The summed E-state index contributed by atoms with van der Waals surface area (Å²) in [6.45, 7) is 1.88. The van der Waals surface area contributed by atoms with Crippen LogP contribution in [0.4, 0.5) is 0 Å². The number of hydrogen-bond acceptors (Lipinski definition) is 7. The lowest BCUT2D eigenvalue weighted by molar-refractivity contribution is 0.0526. The van der Waals surface area contributed by atoms with E-state index in [0.717, 1.165) is 0 Å². The normalized spacial score (nSPS) is 10.6. The van der Waals surface area contributed by atoms with Crippen molar-refractivity contribution in [3.63, 3.8) is 0 Å². The molecule has 0 aliphatic carbocycles. The van der Waals surface area contributed by atoms with E-state index >= 15 is 0 Å². The first-order chi connectivity index (χ1) is 16.0. The minimum absolute atomic E-state index is 0.000640. The molecule has 0 N–H and O–H groups in total. The van der Waals surface area contributed by atoms with Gasteiger partial charge in [0.05, 0.1) is 17.6 Å². The summed E-state index contributed by atoms with van der Waals surface area (Å²) >= 11 is 0. The van der Waals surface area contributed by atoms with Crippen molar-refractivity contribution in [3.05, 3.63) is 100 Å². The summed E-state index contributed by atoms with van der Waals surface area (Å²) in [5.74, 6) is 0.180. The van der Waals surface area contributed by atoms with E-state index in [0.29, 0.717) is 33.6 Å². The first-order valence-corrected chi connectivity index (χ1v) is 10.3. The van der Waals surface area contributed by atoms with Gasteiger partial charge in [0.1, 0.15) is 23.3 Å². The van der Waals surface area contributed by atoms with Gasteiger partial charge >= 0.3 is 5.97 Å². The van der Waals surface area contributed by atoms with Crippen molar-refractivity contribution in [2.24, 2.45) is 0 Å². The number of fused-ring (bicyclic) bond motifs is 1. The van der Waals surface area contributed by atoms with Crippen LogP contribution < -0.4 is 14.9 Å². The van der Waals surface area contributed by atoms with Gasteiger partial charge < -0.3 is 18.6 Å². The molecule has 0 radical (unpaired) electrons. The van der Waals surface area contributed by atoms with Crippen LogP contribution in [0.15, 0.2) is 88.3 Å². The third-order valence-corrected chi connectivity index (χ3v) is 4.77. The van der Waals surface area contributed by atoms with Crippen LogP contribution >= 0.6 is 0 Å². The predicted molar refractivity (Wildman–Crippen MR) is 121 cm³/mol. The number of carbonyl (C=O) groups is 2.